The zero-order valence-electron chi connectivity index (χ0n) is 12.6. The third kappa shape index (κ3) is 2.49. The molecule has 0 amide bonds. The van der Waals surface area contributed by atoms with Gasteiger partial charge in [0.15, 0.2) is 5.82 Å². The summed E-state index contributed by atoms with van der Waals surface area (Å²) in [6, 6.07) is 1.03. The van der Waals surface area contributed by atoms with Gasteiger partial charge in [-0.05, 0) is 46.1 Å². The van der Waals surface area contributed by atoms with E-state index in [1.165, 1.54) is 12.8 Å². The summed E-state index contributed by atoms with van der Waals surface area (Å²) >= 11 is 0. The summed E-state index contributed by atoms with van der Waals surface area (Å²) in [5.74, 6) is 2.05. The summed E-state index contributed by atoms with van der Waals surface area (Å²) < 4.78 is 1.99. The zero-order valence-corrected chi connectivity index (χ0v) is 12.6. The largest absolute Gasteiger partial charge is 0.394 e. The number of nitrogens with zero attached hydrogens (tertiary/aromatic N) is 4. The van der Waals surface area contributed by atoms with Gasteiger partial charge in [-0.1, -0.05) is 6.42 Å². The number of rotatable bonds is 3. The van der Waals surface area contributed by atoms with Crippen molar-refractivity contribution in [3.8, 4) is 0 Å². The van der Waals surface area contributed by atoms with Gasteiger partial charge in [0.05, 0.1) is 18.7 Å². The Morgan fingerprint density at radius 1 is 1.25 bits per heavy atom. The zero-order chi connectivity index (χ0) is 14.1. The Balaban J connectivity index is 1.88. The van der Waals surface area contributed by atoms with Gasteiger partial charge in [0.2, 0.25) is 0 Å². The van der Waals surface area contributed by atoms with Crippen LogP contribution < -0.4 is 0 Å². The Morgan fingerprint density at radius 2 is 2.10 bits per heavy atom. The summed E-state index contributed by atoms with van der Waals surface area (Å²) in [6.45, 7) is 5.83. The van der Waals surface area contributed by atoms with E-state index in [1.54, 1.807) is 0 Å². The minimum absolute atomic E-state index is 0.135. The summed E-state index contributed by atoms with van der Waals surface area (Å²) in [6.07, 6.45) is 6.83. The highest BCUT2D eigenvalue weighted by molar-refractivity contribution is 5.04. The third-order valence-electron chi connectivity index (χ3n) is 4.72. The van der Waals surface area contributed by atoms with Gasteiger partial charge in [0.25, 0.3) is 0 Å². The van der Waals surface area contributed by atoms with Gasteiger partial charge in [-0.2, -0.15) is 5.10 Å². The fourth-order valence-corrected chi connectivity index (χ4v) is 3.61. The van der Waals surface area contributed by atoms with Crippen molar-refractivity contribution in [2.75, 3.05) is 13.2 Å². The van der Waals surface area contributed by atoms with Crippen molar-refractivity contribution in [3.05, 3.63) is 11.6 Å². The lowest BCUT2D eigenvalue weighted by Gasteiger charge is -2.37. The topological polar surface area (TPSA) is 54.2 Å². The second-order valence-corrected chi connectivity index (χ2v) is 6.40. The van der Waals surface area contributed by atoms with E-state index in [0.29, 0.717) is 12.1 Å². The predicted octanol–water partition coefficient (Wildman–Crippen LogP) is 2.08. The van der Waals surface area contributed by atoms with E-state index < -0.39 is 0 Å². The van der Waals surface area contributed by atoms with Crippen LogP contribution in [0.5, 0.6) is 0 Å². The van der Waals surface area contributed by atoms with E-state index in [1.807, 2.05) is 4.68 Å². The van der Waals surface area contributed by atoms with Crippen LogP contribution >= 0.6 is 0 Å². The molecule has 5 nitrogen and oxygen atoms in total. The number of aryl methyl sites for hydroxylation is 1. The maximum Gasteiger partial charge on any atom is 0.168 e. The van der Waals surface area contributed by atoms with Crippen LogP contribution in [0.15, 0.2) is 0 Å². The molecule has 5 heteroatoms. The van der Waals surface area contributed by atoms with Crippen LogP contribution in [0.1, 0.15) is 69.7 Å². The molecule has 112 valence electrons. The highest BCUT2D eigenvalue weighted by Gasteiger charge is 2.31. The lowest BCUT2D eigenvalue weighted by atomic mass is 10.00. The number of piperidine rings is 1. The average molecular weight is 278 g/mol. The monoisotopic (exact) mass is 278 g/mol. The van der Waals surface area contributed by atoms with Crippen LogP contribution in [-0.2, 0) is 6.42 Å². The van der Waals surface area contributed by atoms with Crippen LogP contribution in [-0.4, -0.2) is 44.0 Å². The maximum atomic E-state index is 9.50. The second kappa shape index (κ2) is 5.82. The summed E-state index contributed by atoms with van der Waals surface area (Å²) in [4.78, 5) is 7.33. The Bertz CT molecular complexity index is 457. The molecule has 1 aromatic heterocycles. The molecule has 2 aliphatic rings. The number of likely N-dealkylation sites (tertiary alicyclic amines) is 1. The first kappa shape index (κ1) is 14.0. The van der Waals surface area contributed by atoms with Gasteiger partial charge in [0, 0.05) is 12.5 Å². The smallest absolute Gasteiger partial charge is 0.168 e. The number of aliphatic hydroxyl groups excluding tert-OH is 1. The first-order valence-electron chi connectivity index (χ1n) is 8.02. The van der Waals surface area contributed by atoms with E-state index in [4.69, 9.17) is 10.1 Å². The van der Waals surface area contributed by atoms with E-state index >= 15 is 0 Å². The van der Waals surface area contributed by atoms with Crippen molar-refractivity contribution in [1.29, 1.82) is 0 Å². The number of aliphatic hydroxyl groups is 1. The maximum absolute atomic E-state index is 9.50. The molecule has 0 saturated carbocycles. The lowest BCUT2D eigenvalue weighted by molar-refractivity contribution is 0.105. The van der Waals surface area contributed by atoms with Crippen molar-refractivity contribution >= 4 is 0 Å². The SMILES string of the molecule is CC(C)N1CCCCC1c1nc2n(n1)C(CO)CCC2. The number of aromatic nitrogens is 3. The summed E-state index contributed by atoms with van der Waals surface area (Å²) in [5.41, 5.74) is 0. The number of fused-ring (bicyclic) bond motifs is 1. The van der Waals surface area contributed by atoms with Crippen molar-refractivity contribution < 1.29 is 5.11 Å². The van der Waals surface area contributed by atoms with E-state index in [0.717, 1.165) is 43.9 Å². The molecule has 3 rings (SSSR count). The molecule has 1 fully saturated rings. The Hall–Kier alpha value is -0.940. The molecule has 0 aromatic carbocycles. The molecular formula is C15H26N4O. The number of hydrogen-bond acceptors (Lipinski definition) is 4. The minimum Gasteiger partial charge on any atom is -0.394 e. The number of hydrogen-bond donors (Lipinski definition) is 1. The first-order chi connectivity index (χ1) is 9.70. The van der Waals surface area contributed by atoms with Gasteiger partial charge in [-0.3, -0.25) is 4.90 Å². The molecule has 1 N–H and O–H groups in total. The van der Waals surface area contributed by atoms with Crippen LogP contribution in [0, 0.1) is 0 Å². The van der Waals surface area contributed by atoms with Crippen molar-refractivity contribution in [1.82, 2.24) is 19.7 Å². The predicted molar refractivity (Wildman–Crippen MR) is 77.5 cm³/mol. The third-order valence-corrected chi connectivity index (χ3v) is 4.72. The molecule has 1 saturated heterocycles. The highest BCUT2D eigenvalue weighted by Crippen LogP contribution is 2.32. The summed E-state index contributed by atoms with van der Waals surface area (Å²) in [7, 11) is 0. The Labute approximate surface area is 121 Å². The standard InChI is InChI=1S/C15H26N4O/c1-11(2)18-9-4-3-7-13(18)15-16-14-8-5-6-12(10-20)19(14)17-15/h11-13,20H,3-10H2,1-2H3. The van der Waals surface area contributed by atoms with Gasteiger partial charge in [-0.15, -0.1) is 0 Å². The lowest BCUT2D eigenvalue weighted by Crippen LogP contribution is -2.39. The van der Waals surface area contributed by atoms with E-state index in [9.17, 15) is 5.11 Å². The van der Waals surface area contributed by atoms with Crippen LogP contribution in [0.3, 0.4) is 0 Å². The molecule has 2 atom stereocenters. The van der Waals surface area contributed by atoms with Crippen molar-refractivity contribution in [2.45, 2.75) is 70.5 Å². The summed E-state index contributed by atoms with van der Waals surface area (Å²) in [5, 5.41) is 14.3. The average Bonchev–Trinajstić information content (AvgIpc) is 2.90. The van der Waals surface area contributed by atoms with Crippen LogP contribution in [0.25, 0.3) is 0 Å². The molecule has 0 spiro atoms. The Morgan fingerprint density at radius 3 is 2.85 bits per heavy atom. The quantitative estimate of drug-likeness (QED) is 0.920. The second-order valence-electron chi connectivity index (χ2n) is 6.40. The fraction of sp³-hybridized carbons (Fsp3) is 0.867. The van der Waals surface area contributed by atoms with Gasteiger partial charge >= 0.3 is 0 Å². The van der Waals surface area contributed by atoms with E-state index in [2.05, 4.69) is 18.7 Å². The molecule has 0 radical (unpaired) electrons. The van der Waals surface area contributed by atoms with Gasteiger partial charge in [-0.25, -0.2) is 9.67 Å². The molecule has 3 heterocycles. The van der Waals surface area contributed by atoms with Crippen LogP contribution in [0.2, 0.25) is 0 Å². The van der Waals surface area contributed by atoms with Gasteiger partial charge in [0.1, 0.15) is 5.82 Å². The molecule has 1 aromatic rings. The van der Waals surface area contributed by atoms with Crippen molar-refractivity contribution in [3.63, 3.8) is 0 Å². The normalized spacial score (nSPS) is 27.8. The molecule has 2 aliphatic heterocycles. The molecular weight excluding hydrogens is 252 g/mol. The van der Waals surface area contributed by atoms with Gasteiger partial charge < -0.3 is 5.11 Å². The van der Waals surface area contributed by atoms with E-state index in [-0.39, 0.29) is 12.6 Å². The molecule has 20 heavy (non-hydrogen) atoms. The molecule has 0 bridgehead atoms. The molecule has 0 aliphatic carbocycles. The van der Waals surface area contributed by atoms with Crippen molar-refractivity contribution in [2.24, 2.45) is 0 Å². The fourth-order valence-electron chi connectivity index (χ4n) is 3.61. The highest BCUT2D eigenvalue weighted by atomic mass is 16.3. The molecule has 2 unspecified atom stereocenters. The minimum atomic E-state index is 0.135. The first-order valence-corrected chi connectivity index (χ1v) is 8.02. The Kier molecular flexibility index (Phi) is 4.08. The van der Waals surface area contributed by atoms with Crippen LogP contribution in [0.4, 0.5) is 0 Å².